The van der Waals surface area contributed by atoms with Crippen molar-refractivity contribution < 1.29 is 14.6 Å². The first-order chi connectivity index (χ1) is 10.3. The Morgan fingerprint density at radius 3 is 2.00 bits per heavy atom. The summed E-state index contributed by atoms with van der Waals surface area (Å²) < 4.78 is 5.39. The number of hydrogen-bond donors (Lipinski definition) is 1. The minimum Gasteiger partial charge on any atom is -0.465 e. The molecule has 0 aromatic heterocycles. The first-order valence-corrected chi connectivity index (χ1v) is 9.03. The smallest absolute Gasteiger partial charge is 0.308 e. The molecule has 1 N–H and O–H groups in total. The molecule has 21 heavy (non-hydrogen) atoms. The Kier molecular flexibility index (Phi) is 15.4. The molecule has 1 atom stereocenters. The minimum atomic E-state index is 0.00922. The second-order valence-corrected chi connectivity index (χ2v) is 5.97. The number of rotatable bonds is 15. The molecule has 0 aliphatic heterocycles. The average Bonchev–Trinajstić information content (AvgIpc) is 2.50. The molecule has 0 rings (SSSR count). The molecule has 0 aromatic rings. The predicted molar refractivity (Wildman–Crippen MR) is 88.3 cm³/mol. The number of ether oxygens (including phenoxy) is 1. The van der Waals surface area contributed by atoms with E-state index < -0.39 is 0 Å². The SMILES string of the molecule is CCCCC(CC)C(=O)OCCCCCCCCCCO. The number of carbonyl (C=O) groups excluding carboxylic acids is 1. The second kappa shape index (κ2) is 15.8. The van der Waals surface area contributed by atoms with Gasteiger partial charge in [0.05, 0.1) is 12.5 Å². The molecule has 0 aliphatic rings. The van der Waals surface area contributed by atoms with E-state index in [1.807, 2.05) is 0 Å². The van der Waals surface area contributed by atoms with Gasteiger partial charge in [-0.15, -0.1) is 0 Å². The zero-order chi connectivity index (χ0) is 15.8. The first kappa shape index (κ1) is 20.4. The lowest BCUT2D eigenvalue weighted by Crippen LogP contribution is -2.17. The van der Waals surface area contributed by atoms with Gasteiger partial charge in [-0.25, -0.2) is 0 Å². The monoisotopic (exact) mass is 300 g/mol. The molecular weight excluding hydrogens is 264 g/mol. The molecule has 0 bridgehead atoms. The Hall–Kier alpha value is -0.570. The molecule has 0 aromatic carbocycles. The van der Waals surface area contributed by atoms with Gasteiger partial charge < -0.3 is 9.84 Å². The topological polar surface area (TPSA) is 46.5 Å². The van der Waals surface area contributed by atoms with E-state index in [9.17, 15) is 4.79 Å². The van der Waals surface area contributed by atoms with Gasteiger partial charge in [0.15, 0.2) is 0 Å². The molecular formula is C18H36O3. The van der Waals surface area contributed by atoms with Crippen LogP contribution in [0.15, 0.2) is 0 Å². The van der Waals surface area contributed by atoms with Crippen LogP contribution in [-0.2, 0) is 9.53 Å². The predicted octanol–water partition coefficient (Wildman–Crippen LogP) is 4.86. The number of esters is 1. The third-order valence-corrected chi connectivity index (χ3v) is 4.03. The maximum Gasteiger partial charge on any atom is 0.308 e. The maximum absolute atomic E-state index is 11.9. The van der Waals surface area contributed by atoms with Crippen LogP contribution in [-0.4, -0.2) is 24.3 Å². The van der Waals surface area contributed by atoms with Gasteiger partial charge in [0.1, 0.15) is 0 Å². The third-order valence-electron chi connectivity index (χ3n) is 4.03. The second-order valence-electron chi connectivity index (χ2n) is 5.97. The van der Waals surface area contributed by atoms with Gasteiger partial charge in [-0.1, -0.05) is 65.2 Å². The van der Waals surface area contributed by atoms with Crippen LogP contribution < -0.4 is 0 Å². The Morgan fingerprint density at radius 2 is 1.48 bits per heavy atom. The molecule has 126 valence electrons. The van der Waals surface area contributed by atoms with E-state index in [1.165, 1.54) is 25.7 Å². The summed E-state index contributed by atoms with van der Waals surface area (Å²) in [4.78, 5) is 11.9. The zero-order valence-corrected chi connectivity index (χ0v) is 14.2. The van der Waals surface area contributed by atoms with Crippen molar-refractivity contribution in [2.75, 3.05) is 13.2 Å². The van der Waals surface area contributed by atoms with Gasteiger partial charge in [0.2, 0.25) is 0 Å². The molecule has 0 fully saturated rings. The van der Waals surface area contributed by atoms with E-state index in [0.717, 1.165) is 51.4 Å². The van der Waals surface area contributed by atoms with Crippen molar-refractivity contribution in [2.45, 2.75) is 90.9 Å². The molecule has 0 amide bonds. The van der Waals surface area contributed by atoms with Crippen molar-refractivity contribution in [1.29, 1.82) is 0 Å². The van der Waals surface area contributed by atoms with Crippen LogP contribution in [0.3, 0.4) is 0 Å². The van der Waals surface area contributed by atoms with Crippen molar-refractivity contribution in [2.24, 2.45) is 5.92 Å². The Bertz CT molecular complexity index is 229. The van der Waals surface area contributed by atoms with Gasteiger partial charge in [-0.05, 0) is 25.7 Å². The van der Waals surface area contributed by atoms with Gasteiger partial charge in [-0.2, -0.15) is 0 Å². The van der Waals surface area contributed by atoms with Gasteiger partial charge in [-0.3, -0.25) is 4.79 Å². The van der Waals surface area contributed by atoms with E-state index in [-0.39, 0.29) is 11.9 Å². The summed E-state index contributed by atoms with van der Waals surface area (Å²) in [6.07, 6.45) is 13.3. The van der Waals surface area contributed by atoms with Crippen LogP contribution in [0.4, 0.5) is 0 Å². The lowest BCUT2D eigenvalue weighted by atomic mass is 10.00. The molecule has 0 radical (unpaired) electrons. The van der Waals surface area contributed by atoms with Crippen molar-refractivity contribution in [3.05, 3.63) is 0 Å². The Morgan fingerprint density at radius 1 is 0.905 bits per heavy atom. The molecule has 1 unspecified atom stereocenters. The Balaban J connectivity index is 3.38. The summed E-state index contributed by atoms with van der Waals surface area (Å²) in [6.45, 7) is 5.13. The van der Waals surface area contributed by atoms with Crippen LogP contribution in [0.1, 0.15) is 90.9 Å². The van der Waals surface area contributed by atoms with Crippen molar-refractivity contribution in [3.63, 3.8) is 0 Å². The summed E-state index contributed by atoms with van der Waals surface area (Å²) in [5.41, 5.74) is 0. The number of unbranched alkanes of at least 4 members (excludes halogenated alkanes) is 8. The largest absolute Gasteiger partial charge is 0.465 e. The molecule has 3 heteroatoms. The van der Waals surface area contributed by atoms with Gasteiger partial charge in [0.25, 0.3) is 0 Å². The minimum absolute atomic E-state index is 0.00922. The molecule has 3 nitrogen and oxygen atoms in total. The highest BCUT2D eigenvalue weighted by Gasteiger charge is 2.16. The fraction of sp³-hybridized carbons (Fsp3) is 0.944. The fourth-order valence-electron chi connectivity index (χ4n) is 2.50. The highest BCUT2D eigenvalue weighted by Crippen LogP contribution is 2.15. The molecule has 0 aliphatic carbocycles. The van der Waals surface area contributed by atoms with E-state index in [4.69, 9.17) is 9.84 Å². The van der Waals surface area contributed by atoms with E-state index in [2.05, 4.69) is 13.8 Å². The van der Waals surface area contributed by atoms with E-state index >= 15 is 0 Å². The summed E-state index contributed by atoms with van der Waals surface area (Å²) in [5, 5.41) is 8.67. The number of aliphatic hydroxyl groups excluding tert-OH is 1. The van der Waals surface area contributed by atoms with Gasteiger partial charge in [0, 0.05) is 6.61 Å². The van der Waals surface area contributed by atoms with Crippen molar-refractivity contribution >= 4 is 5.97 Å². The third kappa shape index (κ3) is 12.9. The maximum atomic E-state index is 11.9. The molecule has 0 saturated carbocycles. The normalized spacial score (nSPS) is 12.3. The van der Waals surface area contributed by atoms with Gasteiger partial charge >= 0.3 is 5.97 Å². The average molecular weight is 300 g/mol. The van der Waals surface area contributed by atoms with Crippen LogP contribution >= 0.6 is 0 Å². The molecule has 0 saturated heterocycles. The number of aliphatic hydroxyl groups is 1. The van der Waals surface area contributed by atoms with Crippen LogP contribution in [0.5, 0.6) is 0 Å². The highest BCUT2D eigenvalue weighted by atomic mass is 16.5. The summed E-state index contributed by atoms with van der Waals surface area (Å²) in [7, 11) is 0. The zero-order valence-electron chi connectivity index (χ0n) is 14.2. The first-order valence-electron chi connectivity index (χ1n) is 9.03. The number of carbonyl (C=O) groups is 1. The van der Waals surface area contributed by atoms with Crippen molar-refractivity contribution in [3.8, 4) is 0 Å². The standard InChI is InChI=1S/C18H36O3/c1-3-5-14-17(4-2)18(20)21-16-13-11-9-7-6-8-10-12-15-19/h17,19H,3-16H2,1-2H3. The Labute approximate surface area is 131 Å². The van der Waals surface area contributed by atoms with E-state index in [0.29, 0.717) is 13.2 Å². The van der Waals surface area contributed by atoms with E-state index in [1.54, 1.807) is 0 Å². The number of hydrogen-bond acceptors (Lipinski definition) is 3. The summed E-state index contributed by atoms with van der Waals surface area (Å²) >= 11 is 0. The van der Waals surface area contributed by atoms with Crippen molar-refractivity contribution in [1.82, 2.24) is 0 Å². The lowest BCUT2D eigenvalue weighted by molar-refractivity contribution is -0.149. The van der Waals surface area contributed by atoms with Crippen LogP contribution in [0.25, 0.3) is 0 Å². The van der Waals surface area contributed by atoms with Crippen LogP contribution in [0.2, 0.25) is 0 Å². The molecule has 0 heterocycles. The highest BCUT2D eigenvalue weighted by molar-refractivity contribution is 5.72. The lowest BCUT2D eigenvalue weighted by Gasteiger charge is -2.13. The fourth-order valence-corrected chi connectivity index (χ4v) is 2.50. The van der Waals surface area contributed by atoms with Crippen LogP contribution in [0, 0.1) is 5.92 Å². The summed E-state index contributed by atoms with van der Waals surface area (Å²) in [5.74, 6) is 0.117. The summed E-state index contributed by atoms with van der Waals surface area (Å²) in [6, 6.07) is 0. The quantitative estimate of drug-likeness (QED) is 0.347. The molecule has 0 spiro atoms.